The van der Waals surface area contributed by atoms with Crippen molar-refractivity contribution in [2.45, 2.75) is 0 Å². The van der Waals surface area contributed by atoms with Gasteiger partial charge in [0, 0.05) is 0 Å². The Hall–Kier alpha value is -2.94. The number of carbonyl (C=O) groups is 2. The van der Waals surface area contributed by atoms with Crippen LogP contribution in [0.5, 0.6) is 34.5 Å². The molecule has 0 fully saturated rings. The van der Waals surface area contributed by atoms with Crippen molar-refractivity contribution in [3.8, 4) is 34.5 Å². The minimum absolute atomic E-state index is 0.271. The maximum absolute atomic E-state index is 11.7. The van der Waals surface area contributed by atoms with Gasteiger partial charge in [-0.15, -0.1) is 0 Å². The normalized spacial score (nSPS) is 10.2. The molecule has 2 aromatic carbocycles. The topological polar surface area (TPSA) is 174 Å². The molecule has 0 heterocycles. The zero-order chi connectivity index (χ0) is 18.7. The number of carbonyl (C=O) groups excluding carboxylic acids is 2. The van der Waals surface area contributed by atoms with E-state index in [2.05, 4.69) is 0 Å². The van der Waals surface area contributed by atoms with Crippen LogP contribution in [0.3, 0.4) is 0 Å². The molecule has 0 saturated carbocycles. The Morgan fingerprint density at radius 3 is 1.20 bits per heavy atom. The van der Waals surface area contributed by atoms with Gasteiger partial charge in [-0.05, 0) is 0 Å². The van der Waals surface area contributed by atoms with Crippen molar-refractivity contribution < 1.29 is 45.9 Å². The predicted molar refractivity (Wildman–Crippen MR) is 79.5 cm³/mol. The van der Waals surface area contributed by atoms with E-state index in [1.54, 1.807) is 0 Å². The molecular weight excluding hydrogens is 537 g/mol. The summed E-state index contributed by atoms with van der Waals surface area (Å²) in [5.41, 5.74) is -0.542. The first-order chi connectivity index (χ1) is 11.7. The zero-order valence-corrected chi connectivity index (χ0v) is 15.5. The second-order valence-electron chi connectivity index (χ2n) is 4.56. The molecule has 0 aliphatic rings. The Balaban J connectivity index is 1.98. The molecule has 11 heteroatoms. The number of benzene rings is 2. The predicted octanol–water partition coefficient (Wildman–Crippen LogP) is 0.468. The first-order valence-electron chi connectivity index (χ1n) is 6.33. The second kappa shape index (κ2) is 7.31. The molecule has 25 heavy (non-hydrogen) atoms. The number of hydrogen-bond acceptors (Lipinski definition) is 10. The van der Waals surface area contributed by atoms with Crippen LogP contribution in [0.15, 0.2) is 24.3 Å². The molecule has 6 N–H and O–H groups in total. The molecule has 0 bridgehead atoms. The van der Waals surface area contributed by atoms with Gasteiger partial charge in [0.2, 0.25) is 0 Å². The summed E-state index contributed by atoms with van der Waals surface area (Å²) < 4.78 is 9.55. The summed E-state index contributed by atoms with van der Waals surface area (Å²) in [7, 11) is 0. The van der Waals surface area contributed by atoms with Crippen LogP contribution in [0.1, 0.15) is 20.7 Å². The molecule has 0 atom stereocenters. The number of phenols is 6. The van der Waals surface area contributed by atoms with Crippen molar-refractivity contribution in [1.29, 1.82) is 0 Å². The average Bonchev–Trinajstić information content (AvgIpc) is 2.56. The van der Waals surface area contributed by atoms with E-state index in [1.807, 2.05) is 0 Å². The van der Waals surface area contributed by atoms with Gasteiger partial charge in [-0.1, -0.05) is 0 Å². The third-order valence-electron chi connectivity index (χ3n) is 2.85. The van der Waals surface area contributed by atoms with Gasteiger partial charge in [-0.3, -0.25) is 0 Å². The van der Waals surface area contributed by atoms with E-state index in [9.17, 15) is 40.2 Å². The molecule has 131 valence electrons. The molecule has 2 rings (SSSR count). The van der Waals surface area contributed by atoms with E-state index >= 15 is 0 Å². The molecular formula is C14H10BiO10. The fraction of sp³-hybridized carbons (Fsp3) is 0. The summed E-state index contributed by atoms with van der Waals surface area (Å²) in [4.78, 5) is 23.5. The van der Waals surface area contributed by atoms with Crippen LogP contribution in [0, 0.1) is 0 Å². The Bertz CT molecular complexity index is 732. The number of phenolic OH excluding ortho intramolecular Hbond substituents is 6. The summed E-state index contributed by atoms with van der Waals surface area (Å²) in [6.07, 6.45) is 0. The van der Waals surface area contributed by atoms with Crippen molar-refractivity contribution in [2.24, 2.45) is 0 Å². The van der Waals surface area contributed by atoms with E-state index in [4.69, 9.17) is 5.63 Å². The fourth-order valence-electron chi connectivity index (χ4n) is 1.64. The Kier molecular flexibility index (Phi) is 5.38. The molecule has 0 aliphatic heterocycles. The van der Waals surface area contributed by atoms with Crippen LogP contribution in [0.2, 0.25) is 0 Å². The van der Waals surface area contributed by atoms with Gasteiger partial charge in [0.1, 0.15) is 0 Å². The summed E-state index contributed by atoms with van der Waals surface area (Å²) in [6.45, 7) is 0. The van der Waals surface area contributed by atoms with Gasteiger partial charge in [-0.25, -0.2) is 0 Å². The van der Waals surface area contributed by atoms with Crippen molar-refractivity contribution in [2.75, 3.05) is 0 Å². The molecule has 0 saturated heterocycles. The number of aromatic hydroxyl groups is 6. The molecule has 0 unspecified atom stereocenters. The summed E-state index contributed by atoms with van der Waals surface area (Å²) in [6, 6.07) is 3.43. The van der Waals surface area contributed by atoms with Crippen molar-refractivity contribution >= 4 is 36.1 Å². The van der Waals surface area contributed by atoms with E-state index in [-0.39, 0.29) is 11.1 Å². The van der Waals surface area contributed by atoms with Gasteiger partial charge in [0.05, 0.1) is 0 Å². The SMILES string of the molecule is O=C([O][Bi][O]C(=O)c1cc(O)c(O)c(O)c1)c1cc(O)c(O)c(O)c1. The third kappa shape index (κ3) is 4.13. The van der Waals surface area contributed by atoms with Crippen LogP contribution in [0.4, 0.5) is 0 Å². The van der Waals surface area contributed by atoms with Gasteiger partial charge < -0.3 is 0 Å². The van der Waals surface area contributed by atoms with Crippen molar-refractivity contribution in [3.05, 3.63) is 35.4 Å². The first-order valence-corrected chi connectivity index (χ1v) is 9.17. The van der Waals surface area contributed by atoms with E-state index < -0.39 is 70.6 Å². The molecule has 2 aromatic rings. The Morgan fingerprint density at radius 2 is 0.920 bits per heavy atom. The molecule has 0 amide bonds. The van der Waals surface area contributed by atoms with Crippen LogP contribution >= 0.6 is 0 Å². The summed E-state index contributed by atoms with van der Waals surface area (Å²) >= 11 is -2.59. The summed E-state index contributed by atoms with van der Waals surface area (Å²) in [5.74, 6) is -6.50. The van der Waals surface area contributed by atoms with Gasteiger partial charge in [0.25, 0.3) is 0 Å². The second-order valence-corrected chi connectivity index (χ2v) is 6.56. The van der Waals surface area contributed by atoms with Crippen LogP contribution in [0.25, 0.3) is 0 Å². The minimum atomic E-state index is -2.59. The Labute approximate surface area is 151 Å². The Morgan fingerprint density at radius 1 is 0.640 bits per heavy atom. The van der Waals surface area contributed by atoms with Crippen LogP contribution in [-0.2, 0) is 5.63 Å². The summed E-state index contributed by atoms with van der Waals surface area (Å²) in [5, 5.41) is 55.6. The standard InChI is InChI=1S/2C7H6O5.Bi/c2*8-4-1-3(7(11)12)2-5(9)6(4)10;/h2*1-2,8-10H,(H,11,12);/q;;+2/p-2. The molecule has 0 aromatic heterocycles. The van der Waals surface area contributed by atoms with Crippen LogP contribution in [-0.4, -0.2) is 66.7 Å². The van der Waals surface area contributed by atoms with Gasteiger partial charge in [0.15, 0.2) is 0 Å². The number of rotatable bonds is 4. The molecule has 0 spiro atoms. The monoisotopic (exact) mass is 547 g/mol. The first kappa shape index (κ1) is 18.4. The number of hydrogen-bond donors (Lipinski definition) is 6. The van der Waals surface area contributed by atoms with E-state index in [0.29, 0.717) is 0 Å². The quantitative estimate of drug-likeness (QED) is 0.233. The molecule has 1 radical (unpaired) electrons. The third-order valence-corrected chi connectivity index (χ3v) is 4.72. The molecule has 10 nitrogen and oxygen atoms in total. The van der Waals surface area contributed by atoms with E-state index in [1.165, 1.54) is 0 Å². The van der Waals surface area contributed by atoms with E-state index in [0.717, 1.165) is 24.3 Å². The zero-order valence-electron chi connectivity index (χ0n) is 12.1. The van der Waals surface area contributed by atoms with Crippen molar-refractivity contribution in [3.63, 3.8) is 0 Å². The average molecular weight is 547 g/mol. The maximum atomic E-state index is 11.7. The van der Waals surface area contributed by atoms with Crippen LogP contribution < -0.4 is 0 Å². The van der Waals surface area contributed by atoms with Crippen molar-refractivity contribution in [1.82, 2.24) is 0 Å². The fourth-order valence-corrected chi connectivity index (χ4v) is 3.13. The molecule has 0 aliphatic carbocycles. The van der Waals surface area contributed by atoms with Gasteiger partial charge in [-0.2, -0.15) is 0 Å². The van der Waals surface area contributed by atoms with Gasteiger partial charge >= 0.3 is 152 Å².